The summed E-state index contributed by atoms with van der Waals surface area (Å²) in [5, 5.41) is 9.35. The van der Waals surface area contributed by atoms with Gasteiger partial charge in [-0.1, -0.05) is 45.0 Å². The van der Waals surface area contributed by atoms with Gasteiger partial charge in [0.15, 0.2) is 0 Å². The maximum Gasteiger partial charge on any atom is 0.326 e. The fourth-order valence-corrected chi connectivity index (χ4v) is 2.33. The van der Waals surface area contributed by atoms with Crippen molar-refractivity contribution in [3.05, 3.63) is 35.4 Å². The summed E-state index contributed by atoms with van der Waals surface area (Å²) in [7, 11) is 1.62. The van der Waals surface area contributed by atoms with E-state index in [1.54, 1.807) is 27.9 Å². The number of rotatable bonds is 6. The molecule has 0 spiro atoms. The SMILES string of the molecule is COC(C)c1ccccc1CN(C(=O)C(C)(C)C)[C@H](C)C(=O)O. The first kappa shape index (κ1) is 19.2. The molecule has 128 valence electrons. The highest BCUT2D eigenvalue weighted by atomic mass is 16.5. The summed E-state index contributed by atoms with van der Waals surface area (Å²) in [5.41, 5.74) is 1.21. The number of amides is 1. The van der Waals surface area contributed by atoms with Crippen LogP contribution in [0.1, 0.15) is 51.8 Å². The number of aliphatic carboxylic acids is 1. The molecule has 0 heterocycles. The van der Waals surface area contributed by atoms with Gasteiger partial charge in [0.05, 0.1) is 6.10 Å². The molecule has 0 radical (unpaired) electrons. The van der Waals surface area contributed by atoms with Gasteiger partial charge < -0.3 is 14.7 Å². The molecule has 0 saturated heterocycles. The van der Waals surface area contributed by atoms with Crippen LogP contribution in [-0.4, -0.2) is 35.0 Å². The zero-order valence-corrected chi connectivity index (χ0v) is 14.8. The molecule has 0 aliphatic heterocycles. The Morgan fingerprint density at radius 1 is 1.22 bits per heavy atom. The van der Waals surface area contributed by atoms with E-state index in [1.807, 2.05) is 31.2 Å². The van der Waals surface area contributed by atoms with Crippen LogP contribution < -0.4 is 0 Å². The van der Waals surface area contributed by atoms with Crippen molar-refractivity contribution in [3.8, 4) is 0 Å². The van der Waals surface area contributed by atoms with Gasteiger partial charge in [0.25, 0.3) is 0 Å². The van der Waals surface area contributed by atoms with E-state index >= 15 is 0 Å². The molecule has 0 saturated carbocycles. The summed E-state index contributed by atoms with van der Waals surface area (Å²) in [6.07, 6.45) is -0.127. The topological polar surface area (TPSA) is 66.8 Å². The fourth-order valence-electron chi connectivity index (χ4n) is 2.33. The molecule has 1 aromatic carbocycles. The first-order valence-electron chi connectivity index (χ1n) is 7.74. The fraction of sp³-hybridized carbons (Fsp3) is 0.556. The lowest BCUT2D eigenvalue weighted by molar-refractivity contribution is -0.153. The molecule has 0 aliphatic rings. The average Bonchev–Trinajstić information content (AvgIpc) is 2.49. The Bertz CT molecular complexity index is 562. The highest BCUT2D eigenvalue weighted by Gasteiger charge is 2.33. The number of carbonyl (C=O) groups is 2. The van der Waals surface area contributed by atoms with Crippen LogP contribution in [0.3, 0.4) is 0 Å². The van der Waals surface area contributed by atoms with Gasteiger partial charge in [-0.05, 0) is 25.0 Å². The first-order chi connectivity index (χ1) is 10.6. The number of methoxy groups -OCH3 is 1. The van der Waals surface area contributed by atoms with E-state index in [1.165, 1.54) is 11.8 Å². The molecule has 0 aliphatic carbocycles. The van der Waals surface area contributed by atoms with Gasteiger partial charge >= 0.3 is 5.97 Å². The Hall–Kier alpha value is -1.88. The van der Waals surface area contributed by atoms with Crippen molar-refractivity contribution in [2.75, 3.05) is 7.11 Å². The van der Waals surface area contributed by atoms with Gasteiger partial charge in [-0.15, -0.1) is 0 Å². The molecule has 1 aromatic rings. The van der Waals surface area contributed by atoms with E-state index in [9.17, 15) is 14.7 Å². The number of carboxylic acid groups (broad SMARTS) is 1. The monoisotopic (exact) mass is 321 g/mol. The van der Waals surface area contributed by atoms with Crippen LogP contribution in [0.4, 0.5) is 0 Å². The standard InChI is InChI=1S/C18H27NO4/c1-12(16(20)21)19(17(22)18(3,4)5)11-14-9-7-8-10-15(14)13(2)23-6/h7-10,12-13H,11H2,1-6H3,(H,20,21)/t12-,13?/m1/s1. The molecule has 5 heteroatoms. The lowest BCUT2D eigenvalue weighted by atomic mass is 9.93. The maximum absolute atomic E-state index is 12.7. The quantitative estimate of drug-likeness (QED) is 0.873. The number of ether oxygens (including phenoxy) is 1. The lowest BCUT2D eigenvalue weighted by Crippen LogP contribution is -2.47. The summed E-state index contributed by atoms with van der Waals surface area (Å²) in [6.45, 7) is 9.08. The number of carboxylic acids is 1. The molecule has 1 unspecified atom stereocenters. The van der Waals surface area contributed by atoms with Gasteiger partial charge in [0.2, 0.25) is 5.91 Å². The van der Waals surface area contributed by atoms with Gasteiger partial charge in [-0.3, -0.25) is 4.79 Å². The summed E-state index contributed by atoms with van der Waals surface area (Å²) in [6, 6.07) is 6.74. The molecule has 1 N–H and O–H groups in total. The van der Waals surface area contributed by atoms with Crippen molar-refractivity contribution < 1.29 is 19.4 Å². The molecule has 0 fully saturated rings. The van der Waals surface area contributed by atoms with Crippen molar-refractivity contribution >= 4 is 11.9 Å². The van der Waals surface area contributed by atoms with Crippen molar-refractivity contribution in [2.45, 2.75) is 53.3 Å². The number of benzene rings is 1. The second-order valence-electron chi connectivity index (χ2n) is 6.77. The second-order valence-corrected chi connectivity index (χ2v) is 6.77. The number of nitrogens with zero attached hydrogens (tertiary/aromatic N) is 1. The van der Waals surface area contributed by atoms with Crippen LogP contribution in [0.5, 0.6) is 0 Å². The molecule has 5 nitrogen and oxygen atoms in total. The van der Waals surface area contributed by atoms with Crippen LogP contribution in [-0.2, 0) is 20.9 Å². The van der Waals surface area contributed by atoms with E-state index in [-0.39, 0.29) is 18.6 Å². The van der Waals surface area contributed by atoms with Crippen LogP contribution in [0.25, 0.3) is 0 Å². The van der Waals surface area contributed by atoms with E-state index in [2.05, 4.69) is 0 Å². The molecule has 2 atom stereocenters. The zero-order chi connectivity index (χ0) is 17.8. The lowest BCUT2D eigenvalue weighted by Gasteiger charge is -2.33. The predicted octanol–water partition coefficient (Wildman–Crippen LogP) is 3.24. The van der Waals surface area contributed by atoms with Crippen LogP contribution in [0, 0.1) is 5.41 Å². The van der Waals surface area contributed by atoms with Crippen LogP contribution in [0.15, 0.2) is 24.3 Å². The predicted molar refractivity (Wildman–Crippen MR) is 89.0 cm³/mol. The van der Waals surface area contributed by atoms with Crippen LogP contribution >= 0.6 is 0 Å². The molecule has 1 rings (SSSR count). The minimum Gasteiger partial charge on any atom is -0.480 e. The first-order valence-corrected chi connectivity index (χ1v) is 7.74. The largest absolute Gasteiger partial charge is 0.480 e. The van der Waals surface area contributed by atoms with Crippen molar-refractivity contribution in [3.63, 3.8) is 0 Å². The Balaban J connectivity index is 3.22. The zero-order valence-electron chi connectivity index (χ0n) is 14.8. The minimum absolute atomic E-state index is 0.127. The maximum atomic E-state index is 12.7. The van der Waals surface area contributed by atoms with E-state index in [0.717, 1.165) is 11.1 Å². The second kappa shape index (κ2) is 7.59. The van der Waals surface area contributed by atoms with E-state index in [0.29, 0.717) is 0 Å². The Morgan fingerprint density at radius 2 is 1.78 bits per heavy atom. The molecular weight excluding hydrogens is 294 g/mol. The molecule has 0 bridgehead atoms. The highest BCUT2D eigenvalue weighted by molar-refractivity contribution is 5.86. The number of hydrogen-bond donors (Lipinski definition) is 1. The Morgan fingerprint density at radius 3 is 2.26 bits per heavy atom. The van der Waals surface area contributed by atoms with Gasteiger partial charge in [-0.2, -0.15) is 0 Å². The van der Waals surface area contributed by atoms with Crippen molar-refractivity contribution in [2.24, 2.45) is 5.41 Å². The van der Waals surface area contributed by atoms with Crippen molar-refractivity contribution in [1.82, 2.24) is 4.90 Å². The molecule has 23 heavy (non-hydrogen) atoms. The normalized spacial score (nSPS) is 14.2. The van der Waals surface area contributed by atoms with Gasteiger partial charge in [0.1, 0.15) is 6.04 Å². The number of hydrogen-bond acceptors (Lipinski definition) is 3. The third-order valence-electron chi connectivity index (χ3n) is 3.91. The highest BCUT2D eigenvalue weighted by Crippen LogP contribution is 2.25. The van der Waals surface area contributed by atoms with Crippen LogP contribution in [0.2, 0.25) is 0 Å². The van der Waals surface area contributed by atoms with E-state index < -0.39 is 17.4 Å². The summed E-state index contributed by atoms with van der Waals surface area (Å²) in [5.74, 6) is -1.20. The molecule has 1 amide bonds. The molecule has 0 aromatic heterocycles. The smallest absolute Gasteiger partial charge is 0.326 e. The summed E-state index contributed by atoms with van der Waals surface area (Å²) >= 11 is 0. The van der Waals surface area contributed by atoms with Gasteiger partial charge in [-0.25, -0.2) is 4.79 Å². The summed E-state index contributed by atoms with van der Waals surface area (Å²) in [4.78, 5) is 25.5. The molecular formula is C18H27NO4. The van der Waals surface area contributed by atoms with E-state index in [4.69, 9.17) is 4.74 Å². The van der Waals surface area contributed by atoms with Gasteiger partial charge in [0, 0.05) is 19.1 Å². The Kier molecular flexibility index (Phi) is 6.33. The summed E-state index contributed by atoms with van der Waals surface area (Å²) < 4.78 is 5.37. The third-order valence-corrected chi connectivity index (χ3v) is 3.91. The Labute approximate surface area is 138 Å². The van der Waals surface area contributed by atoms with Crippen molar-refractivity contribution in [1.29, 1.82) is 0 Å². The number of carbonyl (C=O) groups excluding carboxylic acids is 1. The average molecular weight is 321 g/mol. The third kappa shape index (κ3) is 4.79. The minimum atomic E-state index is -1.01.